The van der Waals surface area contributed by atoms with E-state index in [1.54, 1.807) is 25.2 Å². The molecular weight excluding hydrogens is 267 g/mol. The van der Waals surface area contributed by atoms with Crippen LogP contribution < -0.4 is 5.32 Å². The van der Waals surface area contributed by atoms with E-state index >= 15 is 0 Å². The Morgan fingerprint density at radius 3 is 2.28 bits per heavy atom. The largest absolute Gasteiger partial charge is 0.386 e. The van der Waals surface area contributed by atoms with Crippen molar-refractivity contribution in [1.29, 1.82) is 5.26 Å². The summed E-state index contributed by atoms with van der Waals surface area (Å²) >= 11 is 12.3. The first-order valence-electron chi connectivity index (χ1n) is 5.33. The highest BCUT2D eigenvalue weighted by atomic mass is 35.5. The highest BCUT2D eigenvalue weighted by Gasteiger charge is 2.10. The van der Waals surface area contributed by atoms with Crippen LogP contribution in [0.2, 0.25) is 10.0 Å². The van der Waals surface area contributed by atoms with Crippen molar-refractivity contribution in [2.45, 2.75) is 0 Å². The number of nitrogens with one attached hydrogen (secondary N) is 1. The molecule has 0 heterocycles. The van der Waals surface area contributed by atoms with E-state index in [4.69, 9.17) is 28.5 Å². The second-order valence-corrected chi connectivity index (χ2v) is 4.54. The molecule has 0 unspecified atom stereocenters. The van der Waals surface area contributed by atoms with Gasteiger partial charge in [0, 0.05) is 7.05 Å². The summed E-state index contributed by atoms with van der Waals surface area (Å²) in [6.07, 6.45) is 0. The van der Waals surface area contributed by atoms with Gasteiger partial charge in [0.2, 0.25) is 0 Å². The highest BCUT2D eigenvalue weighted by molar-refractivity contribution is 6.39. The lowest BCUT2D eigenvalue weighted by atomic mass is 10.0. The Morgan fingerprint density at radius 2 is 1.72 bits per heavy atom. The third-order valence-corrected chi connectivity index (χ3v) is 3.25. The smallest absolute Gasteiger partial charge is 0.0998 e. The van der Waals surface area contributed by atoms with Gasteiger partial charge < -0.3 is 5.32 Å². The standard InChI is InChI=1S/C14H10Cl2N2/c1-18-14-12(15)6-10(7-13(14)16)11-5-3-2-4-9(11)8-17/h2-7,18H,1H3. The maximum absolute atomic E-state index is 9.09. The van der Waals surface area contributed by atoms with Gasteiger partial charge in [-0.05, 0) is 29.3 Å². The average molecular weight is 277 g/mol. The van der Waals surface area contributed by atoms with E-state index in [0.717, 1.165) is 11.1 Å². The summed E-state index contributed by atoms with van der Waals surface area (Å²) < 4.78 is 0. The lowest BCUT2D eigenvalue weighted by Crippen LogP contribution is -1.92. The molecule has 1 N–H and O–H groups in total. The molecule has 0 aromatic heterocycles. The first-order valence-corrected chi connectivity index (χ1v) is 6.09. The van der Waals surface area contributed by atoms with Gasteiger partial charge in [-0.2, -0.15) is 5.26 Å². The Labute approximate surface area is 116 Å². The van der Waals surface area contributed by atoms with E-state index in [0.29, 0.717) is 21.3 Å². The number of halogens is 2. The second-order valence-electron chi connectivity index (χ2n) is 3.72. The van der Waals surface area contributed by atoms with Crippen molar-refractivity contribution in [2.75, 3.05) is 12.4 Å². The van der Waals surface area contributed by atoms with Gasteiger partial charge in [-0.25, -0.2) is 0 Å². The Hall–Kier alpha value is -1.69. The number of rotatable bonds is 2. The fourth-order valence-electron chi connectivity index (χ4n) is 1.80. The molecule has 2 nitrogen and oxygen atoms in total. The molecule has 0 spiro atoms. The van der Waals surface area contributed by atoms with Crippen LogP contribution in [0.5, 0.6) is 0 Å². The maximum atomic E-state index is 9.09. The Morgan fingerprint density at radius 1 is 1.11 bits per heavy atom. The van der Waals surface area contributed by atoms with Crippen LogP contribution in [0, 0.1) is 11.3 Å². The fourth-order valence-corrected chi connectivity index (χ4v) is 2.48. The molecule has 4 heteroatoms. The molecule has 0 saturated carbocycles. The van der Waals surface area contributed by atoms with Gasteiger partial charge in [-0.1, -0.05) is 41.4 Å². The van der Waals surface area contributed by atoms with E-state index in [2.05, 4.69) is 11.4 Å². The molecule has 0 saturated heterocycles. The summed E-state index contributed by atoms with van der Waals surface area (Å²) in [7, 11) is 1.76. The first-order chi connectivity index (χ1) is 8.67. The minimum absolute atomic E-state index is 0.535. The van der Waals surface area contributed by atoms with Crippen molar-refractivity contribution in [3.63, 3.8) is 0 Å². The molecule has 18 heavy (non-hydrogen) atoms. The quantitative estimate of drug-likeness (QED) is 0.872. The van der Waals surface area contributed by atoms with E-state index in [-0.39, 0.29) is 0 Å². The number of nitriles is 1. The fraction of sp³-hybridized carbons (Fsp3) is 0.0714. The van der Waals surface area contributed by atoms with Crippen molar-refractivity contribution >= 4 is 28.9 Å². The van der Waals surface area contributed by atoms with Crippen LogP contribution in [0.15, 0.2) is 36.4 Å². The van der Waals surface area contributed by atoms with E-state index in [1.165, 1.54) is 0 Å². The van der Waals surface area contributed by atoms with E-state index in [9.17, 15) is 0 Å². The number of hydrogen-bond donors (Lipinski definition) is 1. The molecule has 0 aliphatic carbocycles. The minimum atomic E-state index is 0.535. The maximum Gasteiger partial charge on any atom is 0.0998 e. The normalized spacial score (nSPS) is 9.89. The van der Waals surface area contributed by atoms with Crippen LogP contribution in [-0.4, -0.2) is 7.05 Å². The van der Waals surface area contributed by atoms with E-state index < -0.39 is 0 Å². The van der Waals surface area contributed by atoms with Crippen LogP contribution in [0.3, 0.4) is 0 Å². The molecule has 2 aromatic rings. The van der Waals surface area contributed by atoms with Gasteiger partial charge in [0.25, 0.3) is 0 Å². The molecule has 0 radical (unpaired) electrons. The molecule has 2 aromatic carbocycles. The van der Waals surface area contributed by atoms with Crippen molar-refractivity contribution < 1.29 is 0 Å². The zero-order valence-electron chi connectivity index (χ0n) is 9.67. The molecule has 90 valence electrons. The summed E-state index contributed by atoms with van der Waals surface area (Å²) in [5, 5.41) is 13.1. The number of anilines is 1. The van der Waals surface area contributed by atoms with Gasteiger partial charge in [0.05, 0.1) is 27.4 Å². The first kappa shape index (κ1) is 12.8. The predicted octanol–water partition coefficient (Wildman–Crippen LogP) is 4.57. The van der Waals surface area contributed by atoms with Crippen LogP contribution in [0.4, 0.5) is 5.69 Å². The number of benzene rings is 2. The highest BCUT2D eigenvalue weighted by Crippen LogP contribution is 2.36. The van der Waals surface area contributed by atoms with Gasteiger partial charge in [-0.3, -0.25) is 0 Å². The molecule has 0 fully saturated rings. The Bertz CT molecular complexity index is 607. The average Bonchev–Trinajstić information content (AvgIpc) is 2.38. The zero-order valence-corrected chi connectivity index (χ0v) is 11.2. The minimum Gasteiger partial charge on any atom is -0.386 e. The molecule has 0 aliphatic rings. The van der Waals surface area contributed by atoms with E-state index in [1.807, 2.05) is 18.2 Å². The van der Waals surface area contributed by atoms with Crippen LogP contribution in [0.1, 0.15) is 5.56 Å². The van der Waals surface area contributed by atoms with Gasteiger partial charge >= 0.3 is 0 Å². The summed E-state index contributed by atoms with van der Waals surface area (Å²) in [6.45, 7) is 0. The third-order valence-electron chi connectivity index (χ3n) is 2.65. The molecule has 0 atom stereocenters. The summed E-state index contributed by atoms with van der Waals surface area (Å²) in [5.74, 6) is 0. The van der Waals surface area contributed by atoms with Gasteiger partial charge in [0.15, 0.2) is 0 Å². The number of hydrogen-bond acceptors (Lipinski definition) is 2. The second kappa shape index (κ2) is 5.30. The monoisotopic (exact) mass is 276 g/mol. The lowest BCUT2D eigenvalue weighted by molar-refractivity contribution is 1.47. The van der Waals surface area contributed by atoms with Crippen molar-refractivity contribution in [2.24, 2.45) is 0 Å². The van der Waals surface area contributed by atoms with Crippen LogP contribution in [-0.2, 0) is 0 Å². The summed E-state index contributed by atoms with van der Waals surface area (Å²) in [5.41, 5.74) is 2.95. The Kier molecular flexibility index (Phi) is 3.76. The molecular formula is C14H10Cl2N2. The molecule has 0 aliphatic heterocycles. The molecule has 2 rings (SSSR count). The zero-order chi connectivity index (χ0) is 13.1. The molecule has 0 amide bonds. The molecule has 0 bridgehead atoms. The summed E-state index contributed by atoms with van der Waals surface area (Å²) in [4.78, 5) is 0. The van der Waals surface area contributed by atoms with Crippen LogP contribution in [0.25, 0.3) is 11.1 Å². The SMILES string of the molecule is CNc1c(Cl)cc(-c2ccccc2C#N)cc1Cl. The predicted molar refractivity (Wildman–Crippen MR) is 76.2 cm³/mol. The lowest BCUT2D eigenvalue weighted by Gasteiger charge is -2.10. The van der Waals surface area contributed by atoms with Gasteiger partial charge in [-0.15, -0.1) is 0 Å². The van der Waals surface area contributed by atoms with Crippen molar-refractivity contribution in [3.8, 4) is 17.2 Å². The van der Waals surface area contributed by atoms with Crippen molar-refractivity contribution in [1.82, 2.24) is 0 Å². The number of nitrogens with zero attached hydrogens (tertiary/aromatic N) is 1. The van der Waals surface area contributed by atoms with Crippen LogP contribution >= 0.6 is 23.2 Å². The topological polar surface area (TPSA) is 35.8 Å². The van der Waals surface area contributed by atoms with Gasteiger partial charge in [0.1, 0.15) is 0 Å². The summed E-state index contributed by atoms with van der Waals surface area (Å²) in [6, 6.07) is 13.1. The Balaban J connectivity index is 2.63. The third kappa shape index (κ3) is 2.28. The van der Waals surface area contributed by atoms with Crippen molar-refractivity contribution in [3.05, 3.63) is 52.0 Å².